The highest BCUT2D eigenvalue weighted by molar-refractivity contribution is 5.37. The minimum atomic E-state index is -0.970. The molecule has 0 unspecified atom stereocenters. The van der Waals surface area contributed by atoms with Gasteiger partial charge in [-0.25, -0.2) is 4.39 Å². The van der Waals surface area contributed by atoms with Crippen LogP contribution in [-0.2, 0) is 4.74 Å². The first-order valence-corrected chi connectivity index (χ1v) is 6.35. The summed E-state index contributed by atoms with van der Waals surface area (Å²) in [6.45, 7) is 3.25. The number of aryl methyl sites for hydroxylation is 1. The van der Waals surface area contributed by atoms with Crippen LogP contribution in [0.4, 0.5) is 4.39 Å². The van der Waals surface area contributed by atoms with Crippen molar-refractivity contribution in [3.8, 4) is 0 Å². The van der Waals surface area contributed by atoms with E-state index in [2.05, 4.69) is 5.32 Å². The average Bonchev–Trinajstić information content (AvgIpc) is 2.84. The summed E-state index contributed by atoms with van der Waals surface area (Å²) in [6.07, 6.45) is 1.36. The Hall–Kier alpha value is -0.930. The Morgan fingerprint density at radius 2 is 2.24 bits per heavy atom. The van der Waals surface area contributed by atoms with Crippen LogP contribution in [0.25, 0.3) is 0 Å². The molecule has 92 valence electrons. The van der Waals surface area contributed by atoms with Crippen LogP contribution in [-0.4, -0.2) is 19.2 Å². The van der Waals surface area contributed by atoms with Gasteiger partial charge in [-0.1, -0.05) is 23.8 Å². The van der Waals surface area contributed by atoms with Gasteiger partial charge in [-0.15, -0.1) is 0 Å². The topological polar surface area (TPSA) is 21.3 Å². The predicted octanol–water partition coefficient (Wildman–Crippen LogP) is 2.83. The molecule has 3 heteroatoms. The zero-order valence-corrected chi connectivity index (χ0v) is 10.1. The molecule has 0 aromatic heterocycles. The summed E-state index contributed by atoms with van der Waals surface area (Å²) in [6, 6.07) is 6.39. The van der Waals surface area contributed by atoms with Gasteiger partial charge in [0.15, 0.2) is 0 Å². The Morgan fingerprint density at radius 1 is 1.35 bits per heavy atom. The molecule has 0 bridgehead atoms. The van der Waals surface area contributed by atoms with Gasteiger partial charge in [-0.2, -0.15) is 0 Å². The highest BCUT2D eigenvalue weighted by Gasteiger charge is 2.34. The van der Waals surface area contributed by atoms with Gasteiger partial charge in [-0.3, -0.25) is 0 Å². The highest BCUT2D eigenvalue weighted by Crippen LogP contribution is 2.38. The van der Waals surface area contributed by atoms with Gasteiger partial charge < -0.3 is 10.1 Å². The second-order valence-corrected chi connectivity index (χ2v) is 5.06. The largest absolute Gasteiger partial charge is 0.368 e. The molecule has 1 saturated heterocycles. The number of ether oxygens (including phenoxy) is 1. The van der Waals surface area contributed by atoms with Crippen molar-refractivity contribution in [2.45, 2.75) is 38.1 Å². The third-order valence-corrected chi connectivity index (χ3v) is 3.77. The molecule has 2 aliphatic heterocycles. The van der Waals surface area contributed by atoms with Crippen molar-refractivity contribution >= 4 is 0 Å². The van der Waals surface area contributed by atoms with Crippen LogP contribution in [0.3, 0.4) is 0 Å². The maximum Gasteiger partial charge on any atom is 0.149 e. The van der Waals surface area contributed by atoms with Crippen molar-refractivity contribution < 1.29 is 9.13 Å². The molecule has 0 spiro atoms. The summed E-state index contributed by atoms with van der Waals surface area (Å²) in [5.74, 6) is 0. The minimum absolute atomic E-state index is 0.0279. The first kappa shape index (κ1) is 11.2. The fourth-order valence-corrected chi connectivity index (χ4v) is 2.90. The lowest BCUT2D eigenvalue weighted by atomic mass is 9.90. The summed E-state index contributed by atoms with van der Waals surface area (Å²) in [4.78, 5) is 0. The number of rotatable bonds is 1. The second kappa shape index (κ2) is 4.39. The zero-order chi connectivity index (χ0) is 11.8. The van der Waals surface area contributed by atoms with E-state index in [0.717, 1.165) is 29.7 Å². The number of hydrogen-bond acceptors (Lipinski definition) is 2. The van der Waals surface area contributed by atoms with Crippen LogP contribution >= 0.6 is 0 Å². The average molecular weight is 235 g/mol. The van der Waals surface area contributed by atoms with Gasteiger partial charge in [0.1, 0.15) is 6.17 Å². The third-order valence-electron chi connectivity index (χ3n) is 3.77. The summed E-state index contributed by atoms with van der Waals surface area (Å²) >= 11 is 0. The molecule has 2 aliphatic rings. The Bertz CT molecular complexity index is 415. The molecule has 17 heavy (non-hydrogen) atoms. The molecular weight excluding hydrogens is 217 g/mol. The van der Waals surface area contributed by atoms with Crippen molar-refractivity contribution in [2.75, 3.05) is 13.2 Å². The number of halogens is 1. The summed E-state index contributed by atoms with van der Waals surface area (Å²) in [7, 11) is 0. The van der Waals surface area contributed by atoms with Gasteiger partial charge in [0, 0.05) is 6.04 Å². The van der Waals surface area contributed by atoms with Gasteiger partial charge in [0.05, 0.1) is 12.7 Å². The van der Waals surface area contributed by atoms with Crippen LogP contribution in [0.1, 0.15) is 41.8 Å². The van der Waals surface area contributed by atoms with Crippen LogP contribution in [0, 0.1) is 6.92 Å². The van der Waals surface area contributed by atoms with E-state index in [0.29, 0.717) is 6.04 Å². The third kappa shape index (κ3) is 1.98. The monoisotopic (exact) mass is 235 g/mol. The molecule has 2 nitrogen and oxygen atoms in total. The maximum absolute atomic E-state index is 13.9. The lowest BCUT2D eigenvalue weighted by molar-refractivity contribution is -0.0179. The molecule has 2 heterocycles. The summed E-state index contributed by atoms with van der Waals surface area (Å²) < 4.78 is 19.6. The van der Waals surface area contributed by atoms with Crippen molar-refractivity contribution in [1.82, 2.24) is 5.32 Å². The molecule has 1 aromatic rings. The molecule has 1 fully saturated rings. The quantitative estimate of drug-likeness (QED) is 0.808. The second-order valence-electron chi connectivity index (χ2n) is 5.06. The Kier molecular flexibility index (Phi) is 2.89. The van der Waals surface area contributed by atoms with E-state index in [1.807, 2.05) is 25.1 Å². The van der Waals surface area contributed by atoms with Crippen LogP contribution in [0.2, 0.25) is 0 Å². The van der Waals surface area contributed by atoms with Gasteiger partial charge in [-0.05, 0) is 37.4 Å². The smallest absolute Gasteiger partial charge is 0.149 e. The molecule has 0 saturated carbocycles. The highest BCUT2D eigenvalue weighted by atomic mass is 19.1. The Balaban J connectivity index is 1.96. The van der Waals surface area contributed by atoms with Crippen molar-refractivity contribution in [3.63, 3.8) is 0 Å². The fourth-order valence-electron chi connectivity index (χ4n) is 2.90. The molecule has 0 amide bonds. The van der Waals surface area contributed by atoms with E-state index >= 15 is 0 Å². The van der Waals surface area contributed by atoms with Crippen molar-refractivity contribution in [2.24, 2.45) is 0 Å². The van der Waals surface area contributed by atoms with E-state index in [1.165, 1.54) is 6.42 Å². The fraction of sp³-hybridized carbons (Fsp3) is 0.571. The van der Waals surface area contributed by atoms with Crippen molar-refractivity contribution in [3.05, 3.63) is 34.9 Å². The number of hydrogen-bond donors (Lipinski definition) is 1. The van der Waals surface area contributed by atoms with E-state index < -0.39 is 6.17 Å². The first-order valence-electron chi connectivity index (χ1n) is 6.35. The normalized spacial score (nSPS) is 32.5. The lowest BCUT2D eigenvalue weighted by Crippen LogP contribution is -2.34. The molecule has 1 aromatic carbocycles. The van der Waals surface area contributed by atoms with Crippen LogP contribution < -0.4 is 5.32 Å². The van der Waals surface area contributed by atoms with Crippen LogP contribution in [0.15, 0.2) is 18.2 Å². The van der Waals surface area contributed by atoms with Gasteiger partial charge in [0.2, 0.25) is 0 Å². The first-order chi connectivity index (χ1) is 8.25. The maximum atomic E-state index is 13.9. The molecule has 0 aliphatic carbocycles. The predicted molar refractivity (Wildman–Crippen MR) is 64.7 cm³/mol. The number of fused-ring (bicyclic) bond motifs is 1. The number of benzene rings is 1. The van der Waals surface area contributed by atoms with Crippen LogP contribution in [0.5, 0.6) is 0 Å². The standard InChI is InChI=1S/C14H18FNO/c1-9-4-5-10-11(7-9)12(15)8-17-14(10)13-3-2-6-16-13/h4-5,7,12-14,16H,2-3,6,8H2,1H3/t12-,13+,14-/m1/s1. The number of alkyl halides is 1. The van der Waals surface area contributed by atoms with E-state index in [4.69, 9.17) is 4.74 Å². The van der Waals surface area contributed by atoms with E-state index in [1.54, 1.807) is 0 Å². The molecule has 0 radical (unpaired) electrons. The number of nitrogens with one attached hydrogen (secondary N) is 1. The molecule has 3 rings (SSSR count). The SMILES string of the molecule is Cc1ccc2c(c1)[C@H](F)CO[C@H]2[C@@H]1CCCN1. The molecular formula is C14H18FNO. The van der Waals surface area contributed by atoms with Gasteiger partial charge >= 0.3 is 0 Å². The minimum Gasteiger partial charge on any atom is -0.368 e. The summed E-state index contributed by atoms with van der Waals surface area (Å²) in [5, 5.41) is 3.45. The Labute approximate surface area is 101 Å². The Morgan fingerprint density at radius 3 is 3.00 bits per heavy atom. The van der Waals surface area contributed by atoms with E-state index in [-0.39, 0.29) is 12.7 Å². The zero-order valence-electron chi connectivity index (χ0n) is 10.1. The van der Waals surface area contributed by atoms with E-state index in [9.17, 15) is 4.39 Å². The summed E-state index contributed by atoms with van der Waals surface area (Å²) in [5.41, 5.74) is 2.98. The van der Waals surface area contributed by atoms with Gasteiger partial charge in [0.25, 0.3) is 0 Å². The lowest BCUT2D eigenvalue weighted by Gasteiger charge is -2.32. The molecule has 1 N–H and O–H groups in total. The molecule has 3 atom stereocenters. The van der Waals surface area contributed by atoms with Crippen molar-refractivity contribution in [1.29, 1.82) is 0 Å².